The average Bonchev–Trinajstić information content (AvgIpc) is 2.78. The fourth-order valence-corrected chi connectivity index (χ4v) is 3.96. The minimum atomic E-state index is -0.845. The minimum Gasteiger partial charge on any atom is -0.493 e. The first-order valence-electron chi connectivity index (χ1n) is 10.9. The second-order valence-corrected chi connectivity index (χ2v) is 8.76. The van der Waals surface area contributed by atoms with E-state index in [0.717, 1.165) is 38.3 Å². The van der Waals surface area contributed by atoms with Crippen molar-refractivity contribution in [3.63, 3.8) is 0 Å². The predicted octanol–water partition coefficient (Wildman–Crippen LogP) is -0.561. The van der Waals surface area contributed by atoms with Crippen molar-refractivity contribution in [2.24, 2.45) is 5.92 Å². The summed E-state index contributed by atoms with van der Waals surface area (Å²) < 4.78 is 16.5. The van der Waals surface area contributed by atoms with Crippen LogP contribution in [0.1, 0.15) is 33.3 Å². The number of nitrogens with one attached hydrogen (secondary N) is 3. The van der Waals surface area contributed by atoms with Crippen LogP contribution in [0.15, 0.2) is 12.1 Å². The van der Waals surface area contributed by atoms with Crippen LogP contribution in [-0.2, 0) is 11.3 Å². The second kappa shape index (κ2) is 10.7. The summed E-state index contributed by atoms with van der Waals surface area (Å²) in [6.07, 6.45) is 0. The summed E-state index contributed by atoms with van der Waals surface area (Å²) in [6, 6.07) is 5.99. The molecule has 8 nitrogen and oxygen atoms in total. The monoisotopic (exact) mass is 434 g/mol. The number of piperazine rings is 1. The summed E-state index contributed by atoms with van der Waals surface area (Å²) in [6.45, 7) is 12.1. The third kappa shape index (κ3) is 5.60. The van der Waals surface area contributed by atoms with Gasteiger partial charge in [0.2, 0.25) is 5.75 Å². The lowest BCUT2D eigenvalue weighted by molar-refractivity contribution is -1.02. The van der Waals surface area contributed by atoms with E-state index in [-0.39, 0.29) is 17.9 Å². The van der Waals surface area contributed by atoms with Gasteiger partial charge in [-0.25, -0.2) is 0 Å². The van der Waals surface area contributed by atoms with Crippen molar-refractivity contribution >= 4 is 5.91 Å². The third-order valence-corrected chi connectivity index (χ3v) is 6.60. The van der Waals surface area contributed by atoms with Crippen LogP contribution in [-0.4, -0.2) is 65.0 Å². The molecule has 0 unspecified atom stereocenters. The first kappa shape index (κ1) is 24.8. The maximum atomic E-state index is 12.8. The second-order valence-electron chi connectivity index (χ2n) is 8.76. The van der Waals surface area contributed by atoms with Crippen LogP contribution in [0.3, 0.4) is 0 Å². The molecule has 1 fully saturated rings. The van der Waals surface area contributed by atoms with Crippen molar-refractivity contribution in [2.75, 3.05) is 47.5 Å². The van der Waals surface area contributed by atoms with Gasteiger partial charge in [-0.2, -0.15) is 5.26 Å². The molecule has 31 heavy (non-hydrogen) atoms. The number of rotatable bonds is 9. The number of carbonyl (C=O) groups excluding carboxylic acids is 1. The standard InChI is InChI=1S/C23H36N4O4/c1-16(2)23(4,15-24)25-22(28)17(3)27-12-10-26(11-13-27)14-18-8-9-19(29-5)21(31-7)20(18)30-6/h8-9,16-17H,10-14H2,1-7H3,(H,25,28)/p+2/t17-,23-/m0/s1. The molecule has 0 aliphatic carbocycles. The van der Waals surface area contributed by atoms with E-state index in [1.165, 1.54) is 9.80 Å². The molecule has 1 aromatic rings. The van der Waals surface area contributed by atoms with Gasteiger partial charge in [-0.05, 0) is 31.9 Å². The maximum absolute atomic E-state index is 12.8. The molecule has 3 N–H and O–H groups in total. The Kier molecular flexibility index (Phi) is 8.54. The molecule has 1 aliphatic rings. The highest BCUT2D eigenvalue weighted by atomic mass is 16.5. The van der Waals surface area contributed by atoms with Crippen LogP contribution in [0.25, 0.3) is 0 Å². The van der Waals surface area contributed by atoms with Gasteiger partial charge in [0.25, 0.3) is 5.91 Å². The first-order valence-corrected chi connectivity index (χ1v) is 10.9. The summed E-state index contributed by atoms with van der Waals surface area (Å²) in [5, 5.41) is 12.4. The van der Waals surface area contributed by atoms with Crippen molar-refractivity contribution < 1.29 is 28.8 Å². The Morgan fingerprint density at radius 1 is 1.10 bits per heavy atom. The number of methoxy groups -OCH3 is 3. The summed E-state index contributed by atoms with van der Waals surface area (Å²) >= 11 is 0. The lowest BCUT2D eigenvalue weighted by atomic mass is 9.89. The minimum absolute atomic E-state index is 0.0430. The van der Waals surface area contributed by atoms with Crippen molar-refractivity contribution in [2.45, 2.75) is 45.8 Å². The molecule has 0 radical (unpaired) electrons. The Balaban J connectivity index is 1.99. The van der Waals surface area contributed by atoms with Gasteiger partial charge in [0.15, 0.2) is 17.5 Å². The average molecular weight is 435 g/mol. The van der Waals surface area contributed by atoms with E-state index in [4.69, 9.17) is 14.2 Å². The molecule has 0 spiro atoms. The van der Waals surface area contributed by atoms with Crippen LogP contribution < -0.4 is 29.3 Å². The van der Waals surface area contributed by atoms with E-state index in [1.54, 1.807) is 28.3 Å². The normalized spacial score (nSPS) is 21.5. The zero-order chi connectivity index (χ0) is 23.2. The van der Waals surface area contributed by atoms with Crippen LogP contribution in [0.2, 0.25) is 0 Å². The largest absolute Gasteiger partial charge is 0.493 e. The number of quaternary nitrogens is 2. The topological polar surface area (TPSA) is 89.5 Å². The Labute approximate surface area is 186 Å². The summed E-state index contributed by atoms with van der Waals surface area (Å²) in [5.41, 5.74) is 0.230. The summed E-state index contributed by atoms with van der Waals surface area (Å²) in [4.78, 5) is 15.5. The Bertz CT molecular complexity index is 800. The molecular weight excluding hydrogens is 396 g/mol. The highest BCUT2D eigenvalue weighted by molar-refractivity contribution is 5.81. The molecule has 0 bridgehead atoms. The number of carbonyl (C=O) groups is 1. The van der Waals surface area contributed by atoms with Gasteiger partial charge in [0, 0.05) is 0 Å². The quantitative estimate of drug-likeness (QED) is 0.485. The number of hydrogen-bond donors (Lipinski definition) is 3. The van der Waals surface area contributed by atoms with Gasteiger partial charge >= 0.3 is 0 Å². The van der Waals surface area contributed by atoms with Crippen LogP contribution in [0.5, 0.6) is 17.2 Å². The van der Waals surface area contributed by atoms with E-state index >= 15 is 0 Å². The number of amides is 1. The zero-order valence-corrected chi connectivity index (χ0v) is 19.9. The third-order valence-electron chi connectivity index (χ3n) is 6.60. The summed E-state index contributed by atoms with van der Waals surface area (Å²) in [7, 11) is 4.87. The molecule has 1 amide bonds. The Morgan fingerprint density at radius 2 is 1.71 bits per heavy atom. The highest BCUT2D eigenvalue weighted by Gasteiger charge is 2.36. The van der Waals surface area contributed by atoms with Gasteiger partial charge in [0.05, 0.1) is 33.0 Å². The SMILES string of the molecule is COc1ccc(C[NH+]2CC[NH+]([C@@H](C)C(=O)N[C@@](C)(C#N)C(C)C)CC2)c(OC)c1OC. The number of benzene rings is 1. The molecule has 1 saturated heterocycles. The maximum Gasteiger partial charge on any atom is 0.279 e. The van der Waals surface area contributed by atoms with Gasteiger partial charge in [-0.3, -0.25) is 4.79 Å². The number of nitriles is 1. The van der Waals surface area contributed by atoms with Gasteiger partial charge in [0.1, 0.15) is 38.3 Å². The van der Waals surface area contributed by atoms with Crippen molar-refractivity contribution in [3.8, 4) is 23.3 Å². The summed E-state index contributed by atoms with van der Waals surface area (Å²) in [5.74, 6) is 1.96. The zero-order valence-electron chi connectivity index (χ0n) is 19.9. The van der Waals surface area contributed by atoms with Gasteiger partial charge in [-0.1, -0.05) is 13.8 Å². The number of nitrogens with zero attached hydrogens (tertiary/aromatic N) is 1. The van der Waals surface area contributed by atoms with Gasteiger partial charge < -0.3 is 29.3 Å². The molecular formula is C23H38N4O4+2. The fraction of sp³-hybridized carbons (Fsp3) is 0.652. The predicted molar refractivity (Wildman–Crippen MR) is 118 cm³/mol. The molecule has 1 aromatic carbocycles. The van der Waals surface area contributed by atoms with E-state index in [1.807, 2.05) is 32.9 Å². The fourth-order valence-electron chi connectivity index (χ4n) is 3.96. The molecule has 1 heterocycles. The Hall–Kier alpha value is -2.50. The first-order chi connectivity index (χ1) is 14.7. The van der Waals surface area contributed by atoms with Crippen LogP contribution in [0.4, 0.5) is 0 Å². The van der Waals surface area contributed by atoms with Crippen LogP contribution in [0, 0.1) is 17.2 Å². The number of hydrogen-bond acceptors (Lipinski definition) is 5. The van der Waals surface area contributed by atoms with E-state index in [2.05, 4.69) is 11.4 Å². The lowest BCUT2D eigenvalue weighted by Crippen LogP contribution is -3.29. The molecule has 2 rings (SSSR count). The van der Waals surface area contributed by atoms with Crippen LogP contribution >= 0.6 is 0 Å². The molecule has 1 aliphatic heterocycles. The molecule has 2 atom stereocenters. The molecule has 0 aromatic heterocycles. The van der Waals surface area contributed by atoms with Crippen molar-refractivity contribution in [1.29, 1.82) is 5.26 Å². The van der Waals surface area contributed by atoms with E-state index < -0.39 is 5.54 Å². The lowest BCUT2D eigenvalue weighted by Gasteiger charge is -2.34. The smallest absolute Gasteiger partial charge is 0.279 e. The van der Waals surface area contributed by atoms with E-state index in [9.17, 15) is 10.1 Å². The number of ether oxygens (including phenoxy) is 3. The highest BCUT2D eigenvalue weighted by Crippen LogP contribution is 2.39. The van der Waals surface area contributed by atoms with E-state index in [0.29, 0.717) is 17.2 Å². The molecule has 8 heteroatoms. The van der Waals surface area contributed by atoms with Crippen molar-refractivity contribution in [3.05, 3.63) is 17.7 Å². The molecule has 0 saturated carbocycles. The van der Waals surface area contributed by atoms with Gasteiger partial charge in [-0.15, -0.1) is 0 Å². The Morgan fingerprint density at radius 3 is 2.19 bits per heavy atom. The van der Waals surface area contributed by atoms with Crippen molar-refractivity contribution in [1.82, 2.24) is 5.32 Å². The molecule has 172 valence electrons.